The van der Waals surface area contributed by atoms with Crippen molar-refractivity contribution in [3.8, 4) is 0 Å². The zero-order chi connectivity index (χ0) is 12.3. The first-order valence-electron chi connectivity index (χ1n) is 5.95. The number of nitrogens with two attached hydrogens (primary N) is 1. The Labute approximate surface area is 117 Å². The highest BCUT2D eigenvalue weighted by atomic mass is 35.5. The number of hydrogen-bond acceptors (Lipinski definition) is 2. The second-order valence-corrected chi connectivity index (χ2v) is 6.63. The summed E-state index contributed by atoms with van der Waals surface area (Å²) in [5.41, 5.74) is 7.23. The van der Waals surface area contributed by atoms with Gasteiger partial charge in [0, 0.05) is 16.1 Å². The van der Waals surface area contributed by atoms with E-state index in [9.17, 15) is 0 Å². The van der Waals surface area contributed by atoms with Crippen LogP contribution in [-0.4, -0.2) is 11.5 Å². The van der Waals surface area contributed by atoms with E-state index in [2.05, 4.69) is 0 Å². The van der Waals surface area contributed by atoms with E-state index in [1.165, 1.54) is 24.3 Å². The van der Waals surface area contributed by atoms with E-state index in [1.54, 1.807) is 6.07 Å². The van der Waals surface area contributed by atoms with E-state index >= 15 is 0 Å². The summed E-state index contributed by atoms with van der Waals surface area (Å²) < 4.78 is 0. The van der Waals surface area contributed by atoms with E-state index in [0.29, 0.717) is 5.02 Å². The number of hydrogen-bond donors (Lipinski definition) is 1. The third kappa shape index (κ3) is 3.78. The minimum absolute atomic E-state index is 0.00861. The molecule has 1 aromatic rings. The molecule has 0 saturated carbocycles. The molecule has 2 rings (SSSR count). The predicted octanol–water partition coefficient (Wildman–Crippen LogP) is 4.53. The van der Waals surface area contributed by atoms with Crippen LogP contribution in [0, 0.1) is 5.92 Å². The van der Waals surface area contributed by atoms with Crippen molar-refractivity contribution < 1.29 is 0 Å². The Balaban J connectivity index is 2.02. The lowest BCUT2D eigenvalue weighted by Gasteiger charge is -2.25. The van der Waals surface area contributed by atoms with Gasteiger partial charge >= 0.3 is 0 Å². The van der Waals surface area contributed by atoms with E-state index in [-0.39, 0.29) is 6.04 Å². The molecule has 1 unspecified atom stereocenters. The third-order valence-corrected chi connectivity index (χ3v) is 4.91. The van der Waals surface area contributed by atoms with Gasteiger partial charge in [0.15, 0.2) is 0 Å². The molecule has 0 amide bonds. The quantitative estimate of drug-likeness (QED) is 0.885. The van der Waals surface area contributed by atoms with Gasteiger partial charge in [0.1, 0.15) is 0 Å². The molecule has 4 heteroatoms. The maximum absolute atomic E-state index is 6.25. The Bertz CT molecular complexity index is 378. The Kier molecular flexibility index (Phi) is 5.04. The van der Waals surface area contributed by atoms with Gasteiger partial charge in [-0.2, -0.15) is 11.8 Å². The molecule has 0 aliphatic carbocycles. The molecule has 1 saturated heterocycles. The lowest BCUT2D eigenvalue weighted by Crippen LogP contribution is -2.19. The van der Waals surface area contributed by atoms with Crippen molar-refractivity contribution in [3.05, 3.63) is 33.8 Å². The van der Waals surface area contributed by atoms with Gasteiger partial charge in [0.05, 0.1) is 0 Å². The highest BCUT2D eigenvalue weighted by Gasteiger charge is 2.19. The zero-order valence-corrected chi connectivity index (χ0v) is 12.0. The monoisotopic (exact) mass is 289 g/mol. The van der Waals surface area contributed by atoms with Crippen LogP contribution in [0.4, 0.5) is 0 Å². The SMILES string of the molecule is NC(CC1CCSCC1)c1cc(Cl)ccc1Cl. The number of rotatable bonds is 3. The fraction of sp³-hybridized carbons (Fsp3) is 0.538. The summed E-state index contributed by atoms with van der Waals surface area (Å²) >= 11 is 14.2. The van der Waals surface area contributed by atoms with Gasteiger partial charge in [-0.3, -0.25) is 0 Å². The summed E-state index contributed by atoms with van der Waals surface area (Å²) in [4.78, 5) is 0. The lowest BCUT2D eigenvalue weighted by molar-refractivity contribution is 0.413. The molecular weight excluding hydrogens is 273 g/mol. The molecule has 0 bridgehead atoms. The molecule has 1 aliphatic rings. The molecule has 0 radical (unpaired) electrons. The van der Waals surface area contributed by atoms with Crippen molar-refractivity contribution >= 4 is 35.0 Å². The summed E-state index contributed by atoms with van der Waals surface area (Å²) in [6.45, 7) is 0. The maximum Gasteiger partial charge on any atom is 0.0454 e. The van der Waals surface area contributed by atoms with E-state index < -0.39 is 0 Å². The molecule has 1 nitrogen and oxygen atoms in total. The second-order valence-electron chi connectivity index (χ2n) is 4.56. The predicted molar refractivity (Wildman–Crippen MR) is 78.1 cm³/mol. The second kappa shape index (κ2) is 6.33. The van der Waals surface area contributed by atoms with Crippen LogP contribution in [0.3, 0.4) is 0 Å². The normalized spacial score (nSPS) is 19.2. The number of benzene rings is 1. The Morgan fingerprint density at radius 1 is 1.29 bits per heavy atom. The fourth-order valence-corrected chi connectivity index (χ4v) is 3.91. The molecule has 1 heterocycles. The van der Waals surface area contributed by atoms with Crippen molar-refractivity contribution in [2.45, 2.75) is 25.3 Å². The van der Waals surface area contributed by atoms with Gasteiger partial charge in [-0.25, -0.2) is 0 Å². The summed E-state index contributed by atoms with van der Waals surface area (Å²) in [5, 5.41) is 1.44. The molecule has 0 aromatic heterocycles. The van der Waals surface area contributed by atoms with E-state index in [4.69, 9.17) is 28.9 Å². The Morgan fingerprint density at radius 3 is 2.71 bits per heavy atom. The summed E-state index contributed by atoms with van der Waals surface area (Å²) in [6, 6.07) is 5.54. The lowest BCUT2D eigenvalue weighted by atomic mass is 9.91. The smallest absolute Gasteiger partial charge is 0.0454 e. The van der Waals surface area contributed by atoms with Crippen LogP contribution in [0.15, 0.2) is 18.2 Å². The van der Waals surface area contributed by atoms with E-state index in [0.717, 1.165) is 22.9 Å². The molecular formula is C13H17Cl2NS. The summed E-state index contributed by atoms with van der Waals surface area (Å²) in [5.74, 6) is 3.27. The van der Waals surface area contributed by atoms with Crippen molar-refractivity contribution in [3.63, 3.8) is 0 Å². The largest absolute Gasteiger partial charge is 0.324 e. The van der Waals surface area contributed by atoms with Crippen molar-refractivity contribution in [2.24, 2.45) is 11.7 Å². The molecule has 94 valence electrons. The molecule has 0 spiro atoms. The standard InChI is InChI=1S/C13H17Cl2NS/c14-10-1-2-12(15)11(8-10)13(16)7-9-3-5-17-6-4-9/h1-2,8-9,13H,3-7,16H2. The first kappa shape index (κ1) is 13.5. The fourth-order valence-electron chi connectivity index (χ4n) is 2.27. The van der Waals surface area contributed by atoms with E-state index in [1.807, 2.05) is 23.9 Å². The van der Waals surface area contributed by atoms with Gasteiger partial charge in [-0.05, 0) is 60.4 Å². The highest BCUT2D eigenvalue weighted by Crippen LogP contribution is 2.33. The van der Waals surface area contributed by atoms with Gasteiger partial charge in [0.2, 0.25) is 0 Å². The molecule has 1 atom stereocenters. The minimum atomic E-state index is 0.00861. The first-order chi connectivity index (χ1) is 8.16. The number of thioether (sulfide) groups is 1. The highest BCUT2D eigenvalue weighted by molar-refractivity contribution is 7.99. The van der Waals surface area contributed by atoms with Crippen molar-refractivity contribution in [1.29, 1.82) is 0 Å². The number of halogens is 2. The van der Waals surface area contributed by atoms with Crippen LogP contribution in [-0.2, 0) is 0 Å². The maximum atomic E-state index is 6.25. The average Bonchev–Trinajstić information content (AvgIpc) is 2.33. The summed E-state index contributed by atoms with van der Waals surface area (Å²) in [6.07, 6.45) is 3.56. The van der Waals surface area contributed by atoms with Crippen LogP contribution in [0.1, 0.15) is 30.9 Å². The molecule has 2 N–H and O–H groups in total. The van der Waals surface area contributed by atoms with Crippen LogP contribution < -0.4 is 5.73 Å². The van der Waals surface area contributed by atoms with Crippen LogP contribution >= 0.6 is 35.0 Å². The van der Waals surface area contributed by atoms with Gasteiger partial charge in [-0.15, -0.1) is 0 Å². The first-order valence-corrected chi connectivity index (χ1v) is 7.86. The molecule has 1 aromatic carbocycles. The van der Waals surface area contributed by atoms with Gasteiger partial charge < -0.3 is 5.73 Å². The van der Waals surface area contributed by atoms with Crippen molar-refractivity contribution in [1.82, 2.24) is 0 Å². The Hall–Kier alpha value is 0.110. The van der Waals surface area contributed by atoms with Crippen LogP contribution in [0.2, 0.25) is 10.0 Å². The van der Waals surface area contributed by atoms with Crippen molar-refractivity contribution in [2.75, 3.05) is 11.5 Å². The summed E-state index contributed by atoms with van der Waals surface area (Å²) in [7, 11) is 0. The third-order valence-electron chi connectivity index (χ3n) is 3.29. The molecule has 17 heavy (non-hydrogen) atoms. The molecule has 1 fully saturated rings. The Morgan fingerprint density at radius 2 is 2.00 bits per heavy atom. The minimum Gasteiger partial charge on any atom is -0.324 e. The topological polar surface area (TPSA) is 26.0 Å². The molecule has 1 aliphatic heterocycles. The zero-order valence-electron chi connectivity index (χ0n) is 9.66. The average molecular weight is 290 g/mol. The van der Waals surface area contributed by atoms with Crippen LogP contribution in [0.25, 0.3) is 0 Å². The van der Waals surface area contributed by atoms with Crippen LogP contribution in [0.5, 0.6) is 0 Å². The van der Waals surface area contributed by atoms with Gasteiger partial charge in [0.25, 0.3) is 0 Å². The van der Waals surface area contributed by atoms with Gasteiger partial charge in [-0.1, -0.05) is 23.2 Å².